The normalized spacial score (nSPS) is 19.9. The average molecular weight is 518 g/mol. The first-order chi connectivity index (χ1) is 15.9. The minimum Gasteiger partial charge on any atom is -0.356 e. The van der Waals surface area contributed by atoms with Crippen molar-refractivity contribution in [1.29, 1.82) is 5.26 Å². The molecule has 3 atom stereocenters. The first-order valence-corrected chi connectivity index (χ1v) is 11.9. The highest BCUT2D eigenvalue weighted by Gasteiger charge is 2.33. The van der Waals surface area contributed by atoms with Gasteiger partial charge in [-0.25, -0.2) is 4.39 Å². The van der Waals surface area contributed by atoms with E-state index < -0.39 is 29.7 Å². The molecule has 1 aliphatic heterocycles. The number of aromatic amines is 1. The Labute approximate surface area is 198 Å². The number of hydrogen-bond donors (Lipinski definition) is 4. The van der Waals surface area contributed by atoms with Crippen LogP contribution in [0.3, 0.4) is 0 Å². The number of H-pyrrole nitrogens is 1. The van der Waals surface area contributed by atoms with Crippen LogP contribution in [0.1, 0.15) is 49.0 Å². The minimum atomic E-state index is -0.822. The molecule has 2 aromatic rings. The van der Waals surface area contributed by atoms with E-state index in [2.05, 4.69) is 42.9 Å². The lowest BCUT2D eigenvalue weighted by molar-refractivity contribution is -0.128. The second kappa shape index (κ2) is 9.91. The molecule has 10 heteroatoms. The molecule has 33 heavy (non-hydrogen) atoms. The first-order valence-electron chi connectivity index (χ1n) is 11.1. The zero-order valence-electron chi connectivity index (χ0n) is 17.9. The molecule has 1 aliphatic carbocycles. The smallest absolute Gasteiger partial charge is 0.268 e. The van der Waals surface area contributed by atoms with E-state index in [0.717, 1.165) is 19.3 Å². The number of aromatic nitrogens is 1. The van der Waals surface area contributed by atoms with Crippen molar-refractivity contribution in [3.05, 3.63) is 34.2 Å². The zero-order chi connectivity index (χ0) is 23.5. The van der Waals surface area contributed by atoms with Crippen LogP contribution >= 0.6 is 15.9 Å². The van der Waals surface area contributed by atoms with E-state index in [-0.39, 0.29) is 28.4 Å². The Kier molecular flexibility index (Phi) is 6.98. The first kappa shape index (κ1) is 23.2. The van der Waals surface area contributed by atoms with Gasteiger partial charge in [-0.1, -0.05) is 12.8 Å². The maximum atomic E-state index is 13.8. The molecular formula is C23H25BrFN5O3. The van der Waals surface area contributed by atoms with Crippen LogP contribution in [0.2, 0.25) is 0 Å². The van der Waals surface area contributed by atoms with Crippen molar-refractivity contribution in [2.45, 2.75) is 50.6 Å². The van der Waals surface area contributed by atoms with Gasteiger partial charge in [0.25, 0.3) is 5.91 Å². The van der Waals surface area contributed by atoms with Crippen LogP contribution in [0.25, 0.3) is 10.9 Å². The molecule has 2 fully saturated rings. The fourth-order valence-corrected chi connectivity index (χ4v) is 4.64. The Morgan fingerprint density at radius 1 is 1.24 bits per heavy atom. The third-order valence-electron chi connectivity index (χ3n) is 6.21. The number of rotatable bonds is 8. The van der Waals surface area contributed by atoms with E-state index in [4.69, 9.17) is 0 Å². The van der Waals surface area contributed by atoms with Gasteiger partial charge in [-0.3, -0.25) is 14.4 Å². The lowest BCUT2D eigenvalue weighted by atomic mass is 9.92. The van der Waals surface area contributed by atoms with Crippen LogP contribution in [0.15, 0.2) is 22.7 Å². The van der Waals surface area contributed by atoms with Gasteiger partial charge in [0.15, 0.2) is 0 Å². The highest BCUT2D eigenvalue weighted by atomic mass is 79.9. The van der Waals surface area contributed by atoms with Crippen LogP contribution < -0.4 is 16.0 Å². The summed E-state index contributed by atoms with van der Waals surface area (Å²) in [6.07, 6.45) is 4.20. The molecule has 1 aromatic carbocycles. The third-order valence-corrected chi connectivity index (χ3v) is 6.99. The van der Waals surface area contributed by atoms with Crippen LogP contribution in [0, 0.1) is 29.0 Å². The molecule has 0 bridgehead atoms. The van der Waals surface area contributed by atoms with Crippen LogP contribution in [-0.2, 0) is 9.59 Å². The molecule has 3 amide bonds. The summed E-state index contributed by atoms with van der Waals surface area (Å²) in [5.74, 6) is -1.45. The Bertz CT molecular complexity index is 1120. The van der Waals surface area contributed by atoms with Gasteiger partial charge in [0.1, 0.15) is 23.6 Å². The molecule has 174 valence electrons. The maximum absolute atomic E-state index is 13.8. The van der Waals surface area contributed by atoms with Crippen LogP contribution in [0.5, 0.6) is 0 Å². The fourth-order valence-electron chi connectivity index (χ4n) is 4.18. The molecule has 0 unspecified atom stereocenters. The molecule has 2 aliphatic rings. The SMILES string of the molecule is N#C[C@H](C[C@@H]1CCCNC1=O)NC(=O)[C@H](CC1CC1)NC(=O)c1cc2ccc(F)c(Br)c2[nH]1. The summed E-state index contributed by atoms with van der Waals surface area (Å²) in [6.45, 7) is 0.630. The number of fused-ring (bicyclic) bond motifs is 1. The summed E-state index contributed by atoms with van der Waals surface area (Å²) in [5, 5.41) is 18.4. The zero-order valence-corrected chi connectivity index (χ0v) is 19.5. The number of hydrogen-bond acceptors (Lipinski definition) is 4. The van der Waals surface area contributed by atoms with Gasteiger partial charge < -0.3 is 20.9 Å². The fraction of sp³-hybridized carbons (Fsp3) is 0.478. The second-order valence-corrected chi connectivity index (χ2v) is 9.56. The summed E-state index contributed by atoms with van der Waals surface area (Å²) in [4.78, 5) is 40.8. The number of carbonyl (C=O) groups excluding carboxylic acids is 3. The number of piperidine rings is 1. The van der Waals surface area contributed by atoms with Gasteiger partial charge in [0, 0.05) is 17.8 Å². The minimum absolute atomic E-state index is 0.0972. The number of nitrogens with zero attached hydrogens (tertiary/aromatic N) is 1. The van der Waals surface area contributed by atoms with Gasteiger partial charge in [-0.15, -0.1) is 0 Å². The van der Waals surface area contributed by atoms with Crippen LogP contribution in [0.4, 0.5) is 4.39 Å². The lowest BCUT2D eigenvalue weighted by Gasteiger charge is -2.25. The monoisotopic (exact) mass is 517 g/mol. The molecule has 8 nitrogen and oxygen atoms in total. The van der Waals surface area contributed by atoms with Crippen molar-refractivity contribution in [3.63, 3.8) is 0 Å². The topological polar surface area (TPSA) is 127 Å². The Hall–Kier alpha value is -2.93. The quantitative estimate of drug-likeness (QED) is 0.429. The van der Waals surface area contributed by atoms with Gasteiger partial charge in [-0.05, 0) is 65.7 Å². The largest absolute Gasteiger partial charge is 0.356 e. The van der Waals surface area contributed by atoms with Gasteiger partial charge >= 0.3 is 0 Å². The molecule has 4 rings (SSSR count). The molecule has 4 N–H and O–H groups in total. The molecule has 1 saturated heterocycles. The van der Waals surface area contributed by atoms with Gasteiger partial charge in [0.2, 0.25) is 11.8 Å². The van der Waals surface area contributed by atoms with Crippen LogP contribution in [-0.4, -0.2) is 41.3 Å². The summed E-state index contributed by atoms with van der Waals surface area (Å²) in [6, 6.07) is 4.90. The van der Waals surface area contributed by atoms with E-state index >= 15 is 0 Å². The lowest BCUT2D eigenvalue weighted by Crippen LogP contribution is -2.50. The number of carbonyl (C=O) groups is 3. The molecular weight excluding hydrogens is 493 g/mol. The summed E-state index contributed by atoms with van der Waals surface area (Å²) >= 11 is 3.18. The number of halogens is 2. The van der Waals surface area contributed by atoms with Crippen molar-refractivity contribution in [2.24, 2.45) is 11.8 Å². The van der Waals surface area contributed by atoms with Gasteiger partial charge in [0.05, 0.1) is 16.1 Å². The standard InChI is InChI=1S/C23H25BrFN5O3/c24-19-16(25)6-5-13-10-18(29-20(13)19)23(33)30-17(8-12-3-4-12)22(32)28-15(11-26)9-14-2-1-7-27-21(14)31/h5-6,10,12,14-15,17,29H,1-4,7-9H2,(H,27,31)(H,28,32)(H,30,33)/t14-,15-,17-/m0/s1. The highest BCUT2D eigenvalue weighted by Crippen LogP contribution is 2.34. The van der Waals surface area contributed by atoms with E-state index in [1.165, 1.54) is 6.07 Å². The Balaban J connectivity index is 1.44. The molecule has 0 spiro atoms. The van der Waals surface area contributed by atoms with E-state index in [1.54, 1.807) is 12.1 Å². The van der Waals surface area contributed by atoms with Crippen molar-refractivity contribution < 1.29 is 18.8 Å². The predicted octanol–water partition coefficient (Wildman–Crippen LogP) is 2.89. The number of nitriles is 1. The second-order valence-electron chi connectivity index (χ2n) is 8.77. The summed E-state index contributed by atoms with van der Waals surface area (Å²) in [5.41, 5.74) is 0.666. The Morgan fingerprint density at radius 2 is 2.03 bits per heavy atom. The number of benzene rings is 1. The Morgan fingerprint density at radius 3 is 2.73 bits per heavy atom. The van der Waals surface area contributed by atoms with Crippen molar-refractivity contribution in [2.75, 3.05) is 6.54 Å². The number of nitrogens with one attached hydrogen (secondary N) is 4. The van der Waals surface area contributed by atoms with E-state index in [9.17, 15) is 24.0 Å². The predicted molar refractivity (Wildman–Crippen MR) is 122 cm³/mol. The molecule has 2 heterocycles. The third kappa shape index (κ3) is 5.53. The van der Waals surface area contributed by atoms with E-state index in [1.807, 2.05) is 0 Å². The van der Waals surface area contributed by atoms with Gasteiger partial charge in [-0.2, -0.15) is 5.26 Å². The molecule has 1 saturated carbocycles. The maximum Gasteiger partial charge on any atom is 0.268 e. The molecule has 1 aromatic heterocycles. The van der Waals surface area contributed by atoms with Crippen molar-refractivity contribution in [1.82, 2.24) is 20.9 Å². The summed E-state index contributed by atoms with van der Waals surface area (Å²) < 4.78 is 14.0. The highest BCUT2D eigenvalue weighted by molar-refractivity contribution is 9.10. The number of amides is 3. The van der Waals surface area contributed by atoms with Crippen molar-refractivity contribution in [3.8, 4) is 6.07 Å². The van der Waals surface area contributed by atoms with Crippen molar-refractivity contribution >= 4 is 44.6 Å². The molecule has 0 radical (unpaired) electrons. The van der Waals surface area contributed by atoms with E-state index in [0.29, 0.717) is 36.2 Å². The summed E-state index contributed by atoms with van der Waals surface area (Å²) in [7, 11) is 0. The average Bonchev–Trinajstić information content (AvgIpc) is 3.51.